The van der Waals surface area contributed by atoms with Crippen LogP contribution in [-0.4, -0.2) is 46.3 Å². The standard InChI is InChI=1S/C24H32O7/c1-12-15-7-8-24(28)22(4,5)11-19(29-13(2)25)21(30-14(3)26)23(24,6)17(15)10-18-16(12)9-20(27)31-18/h10,19-21,27-28H,7-9,11H2,1-6H3/t19-,20+,21-,23-,24+/m0/s1. The van der Waals surface area contributed by atoms with E-state index in [1.54, 1.807) is 0 Å². The van der Waals surface area contributed by atoms with Crippen molar-refractivity contribution in [1.82, 2.24) is 0 Å². The maximum absolute atomic E-state index is 12.2. The number of rotatable bonds is 2. The molecule has 1 aromatic carbocycles. The molecular formula is C24H32O7. The largest absolute Gasteiger partial charge is 0.464 e. The van der Waals surface area contributed by atoms with Gasteiger partial charge in [-0.05, 0) is 61.3 Å². The normalized spacial score (nSPS) is 35.3. The molecule has 7 nitrogen and oxygen atoms in total. The van der Waals surface area contributed by atoms with E-state index in [1.807, 2.05) is 33.8 Å². The van der Waals surface area contributed by atoms with Crippen molar-refractivity contribution in [2.45, 2.75) is 96.7 Å². The van der Waals surface area contributed by atoms with Crippen molar-refractivity contribution < 1.29 is 34.0 Å². The predicted octanol–water partition coefficient (Wildman–Crippen LogP) is 2.48. The van der Waals surface area contributed by atoms with E-state index in [4.69, 9.17) is 14.2 Å². The average molecular weight is 433 g/mol. The van der Waals surface area contributed by atoms with Crippen LogP contribution in [0.5, 0.6) is 5.75 Å². The van der Waals surface area contributed by atoms with Gasteiger partial charge < -0.3 is 24.4 Å². The van der Waals surface area contributed by atoms with Crippen molar-refractivity contribution >= 4 is 11.9 Å². The molecule has 0 amide bonds. The van der Waals surface area contributed by atoms with Gasteiger partial charge >= 0.3 is 11.9 Å². The first-order valence-corrected chi connectivity index (χ1v) is 10.9. The molecule has 1 saturated carbocycles. The highest BCUT2D eigenvalue weighted by molar-refractivity contribution is 5.68. The topological polar surface area (TPSA) is 102 Å². The Hall–Kier alpha value is -2.12. The molecule has 5 atom stereocenters. The second kappa shape index (κ2) is 6.94. The number of carbonyl (C=O) groups is 2. The molecule has 1 heterocycles. The van der Waals surface area contributed by atoms with Crippen molar-refractivity contribution in [2.75, 3.05) is 0 Å². The van der Waals surface area contributed by atoms with Crippen LogP contribution in [0.2, 0.25) is 0 Å². The van der Waals surface area contributed by atoms with Crippen LogP contribution >= 0.6 is 0 Å². The van der Waals surface area contributed by atoms with Gasteiger partial charge in [0.25, 0.3) is 0 Å². The molecule has 7 heteroatoms. The molecule has 4 rings (SSSR count). The molecule has 1 fully saturated rings. The first-order valence-electron chi connectivity index (χ1n) is 10.9. The van der Waals surface area contributed by atoms with Crippen LogP contribution < -0.4 is 4.74 Å². The fourth-order valence-corrected chi connectivity index (χ4v) is 6.44. The van der Waals surface area contributed by atoms with E-state index in [0.717, 1.165) is 22.3 Å². The molecule has 31 heavy (non-hydrogen) atoms. The molecule has 1 aliphatic heterocycles. The molecular weight excluding hydrogens is 400 g/mol. The van der Waals surface area contributed by atoms with Gasteiger partial charge in [-0.3, -0.25) is 9.59 Å². The Balaban J connectivity index is 1.98. The number of hydrogen-bond donors (Lipinski definition) is 2. The van der Waals surface area contributed by atoms with Crippen LogP contribution in [0.1, 0.15) is 69.7 Å². The lowest BCUT2D eigenvalue weighted by Gasteiger charge is -2.64. The van der Waals surface area contributed by atoms with Gasteiger partial charge in [-0.1, -0.05) is 13.8 Å². The second-order valence-electron chi connectivity index (χ2n) is 10.1. The van der Waals surface area contributed by atoms with Crippen molar-refractivity contribution in [3.05, 3.63) is 28.3 Å². The molecule has 3 aliphatic rings. The maximum Gasteiger partial charge on any atom is 0.303 e. The van der Waals surface area contributed by atoms with E-state index in [0.29, 0.717) is 31.4 Å². The minimum Gasteiger partial charge on any atom is -0.464 e. The zero-order chi connectivity index (χ0) is 22.9. The van der Waals surface area contributed by atoms with Gasteiger partial charge in [0.1, 0.15) is 11.9 Å². The van der Waals surface area contributed by atoms with E-state index < -0.39 is 46.9 Å². The minimum atomic E-state index is -1.22. The summed E-state index contributed by atoms with van der Waals surface area (Å²) in [5.41, 5.74) is 0.996. The summed E-state index contributed by atoms with van der Waals surface area (Å²) in [5, 5.41) is 22.3. The Bertz CT molecular complexity index is 952. The summed E-state index contributed by atoms with van der Waals surface area (Å²) in [7, 11) is 0. The first kappa shape index (κ1) is 22.1. The van der Waals surface area contributed by atoms with Gasteiger partial charge in [0.2, 0.25) is 6.29 Å². The summed E-state index contributed by atoms with van der Waals surface area (Å²) in [5.74, 6) is -0.370. The summed E-state index contributed by atoms with van der Waals surface area (Å²) in [4.78, 5) is 24.0. The van der Waals surface area contributed by atoms with E-state index >= 15 is 0 Å². The molecule has 0 radical (unpaired) electrons. The lowest BCUT2D eigenvalue weighted by molar-refractivity contribution is -0.243. The van der Waals surface area contributed by atoms with E-state index in [-0.39, 0.29) is 0 Å². The Morgan fingerprint density at radius 1 is 1.13 bits per heavy atom. The third-order valence-electron chi connectivity index (χ3n) is 7.95. The number of hydrogen-bond acceptors (Lipinski definition) is 7. The fourth-order valence-electron chi connectivity index (χ4n) is 6.44. The smallest absolute Gasteiger partial charge is 0.303 e. The Morgan fingerprint density at radius 2 is 1.77 bits per heavy atom. The predicted molar refractivity (Wildman–Crippen MR) is 112 cm³/mol. The van der Waals surface area contributed by atoms with Gasteiger partial charge in [-0.15, -0.1) is 0 Å². The van der Waals surface area contributed by atoms with E-state index in [2.05, 4.69) is 0 Å². The third kappa shape index (κ3) is 3.00. The highest BCUT2D eigenvalue weighted by Crippen LogP contribution is 2.62. The molecule has 0 saturated heterocycles. The van der Waals surface area contributed by atoms with Crippen molar-refractivity contribution in [3.63, 3.8) is 0 Å². The Labute approximate surface area is 182 Å². The minimum absolute atomic E-state index is 0.366. The second-order valence-corrected chi connectivity index (χ2v) is 10.1. The molecule has 170 valence electrons. The van der Waals surface area contributed by atoms with Gasteiger partial charge in [0.15, 0.2) is 6.10 Å². The van der Waals surface area contributed by atoms with Gasteiger partial charge in [-0.25, -0.2) is 0 Å². The molecule has 1 aromatic rings. The Morgan fingerprint density at radius 3 is 2.39 bits per heavy atom. The molecule has 2 N–H and O–H groups in total. The fraction of sp³-hybridized carbons (Fsp3) is 0.667. The lowest BCUT2D eigenvalue weighted by Crippen LogP contribution is -2.73. The Kier molecular flexibility index (Phi) is 4.94. The third-order valence-corrected chi connectivity index (χ3v) is 7.95. The highest BCUT2D eigenvalue weighted by atomic mass is 16.6. The lowest BCUT2D eigenvalue weighted by atomic mass is 9.45. The quantitative estimate of drug-likeness (QED) is 0.692. The van der Waals surface area contributed by atoms with Crippen LogP contribution in [0.3, 0.4) is 0 Å². The monoisotopic (exact) mass is 432 g/mol. The molecule has 0 aromatic heterocycles. The van der Waals surface area contributed by atoms with Gasteiger partial charge in [-0.2, -0.15) is 0 Å². The number of fused-ring (bicyclic) bond motifs is 4. The molecule has 0 spiro atoms. The number of aliphatic hydroxyl groups excluding tert-OH is 1. The number of benzene rings is 1. The number of esters is 2. The van der Waals surface area contributed by atoms with Crippen LogP contribution in [0.25, 0.3) is 0 Å². The van der Waals surface area contributed by atoms with Crippen LogP contribution in [0.15, 0.2) is 6.07 Å². The molecule has 0 bridgehead atoms. The summed E-state index contributed by atoms with van der Waals surface area (Å²) in [6.07, 6.45) is -0.537. The van der Waals surface area contributed by atoms with Crippen LogP contribution in [0.4, 0.5) is 0 Å². The summed E-state index contributed by atoms with van der Waals surface area (Å²) in [6.45, 7) is 10.5. The maximum atomic E-state index is 12.2. The summed E-state index contributed by atoms with van der Waals surface area (Å²) < 4.78 is 17.1. The van der Waals surface area contributed by atoms with Crippen LogP contribution in [0, 0.1) is 12.3 Å². The average Bonchev–Trinajstić information content (AvgIpc) is 3.02. The zero-order valence-corrected chi connectivity index (χ0v) is 19.1. The summed E-state index contributed by atoms with van der Waals surface area (Å²) >= 11 is 0. The molecule has 2 aliphatic carbocycles. The first-order chi connectivity index (χ1) is 14.3. The number of aliphatic hydroxyl groups is 2. The van der Waals surface area contributed by atoms with E-state index in [1.165, 1.54) is 13.8 Å². The van der Waals surface area contributed by atoms with Crippen molar-refractivity contribution in [2.24, 2.45) is 5.41 Å². The SMILES string of the molecule is CC(=O)O[C@H]1CC(C)(C)[C@]2(O)CCc3c(cc4c(c3C)C[C@H](O)O4)[C@@]2(C)[C@H]1OC(C)=O. The highest BCUT2D eigenvalue weighted by Gasteiger charge is 2.69. The van der Waals surface area contributed by atoms with E-state index in [9.17, 15) is 19.8 Å². The zero-order valence-electron chi connectivity index (χ0n) is 19.1. The van der Waals surface area contributed by atoms with Crippen molar-refractivity contribution in [3.8, 4) is 5.75 Å². The summed E-state index contributed by atoms with van der Waals surface area (Å²) in [6, 6.07) is 1.88. The van der Waals surface area contributed by atoms with Gasteiger partial charge in [0, 0.05) is 25.8 Å². The number of carbonyl (C=O) groups excluding carboxylic acids is 2. The van der Waals surface area contributed by atoms with Crippen LogP contribution in [-0.2, 0) is 37.3 Å². The van der Waals surface area contributed by atoms with Gasteiger partial charge in [0.05, 0.1) is 11.0 Å². The van der Waals surface area contributed by atoms with Crippen molar-refractivity contribution in [1.29, 1.82) is 0 Å². The number of ether oxygens (including phenoxy) is 3. The molecule has 0 unspecified atom stereocenters.